The van der Waals surface area contributed by atoms with E-state index in [1.54, 1.807) is 7.11 Å². The van der Waals surface area contributed by atoms with Crippen LogP contribution in [0, 0.1) is 12.8 Å². The van der Waals surface area contributed by atoms with Gasteiger partial charge in [-0.05, 0) is 50.8 Å². The molecule has 19 heavy (non-hydrogen) atoms. The van der Waals surface area contributed by atoms with Gasteiger partial charge < -0.3 is 14.6 Å². The molecule has 0 bridgehead atoms. The lowest BCUT2D eigenvalue weighted by molar-refractivity contribution is -0.0542. The topological polar surface area (TPSA) is 38.7 Å². The number of rotatable bonds is 1. The normalized spacial score (nSPS) is 34.6. The molecule has 0 amide bonds. The van der Waals surface area contributed by atoms with Gasteiger partial charge in [0, 0.05) is 11.5 Å². The number of hydrogen-bond donors (Lipinski definition) is 1. The number of methoxy groups -OCH3 is 1. The van der Waals surface area contributed by atoms with Gasteiger partial charge in [0.25, 0.3) is 0 Å². The van der Waals surface area contributed by atoms with Gasteiger partial charge in [-0.15, -0.1) is 0 Å². The van der Waals surface area contributed by atoms with Crippen molar-refractivity contribution < 1.29 is 14.6 Å². The van der Waals surface area contributed by atoms with E-state index in [0.29, 0.717) is 0 Å². The highest BCUT2D eigenvalue weighted by atomic mass is 16.5. The van der Waals surface area contributed by atoms with E-state index >= 15 is 0 Å². The molecule has 1 N–H and O–H groups in total. The molecule has 1 aliphatic carbocycles. The number of aryl methyl sites for hydroxylation is 1. The summed E-state index contributed by atoms with van der Waals surface area (Å²) in [6.45, 7) is 8.14. The van der Waals surface area contributed by atoms with E-state index in [-0.39, 0.29) is 11.8 Å². The van der Waals surface area contributed by atoms with Gasteiger partial charge >= 0.3 is 0 Å². The van der Waals surface area contributed by atoms with Crippen molar-refractivity contribution in [1.29, 1.82) is 0 Å². The number of benzene rings is 1. The predicted molar refractivity (Wildman–Crippen MR) is 73.9 cm³/mol. The van der Waals surface area contributed by atoms with Crippen LogP contribution in [0.3, 0.4) is 0 Å². The van der Waals surface area contributed by atoms with Gasteiger partial charge in [0.15, 0.2) is 0 Å². The van der Waals surface area contributed by atoms with E-state index in [2.05, 4.69) is 13.0 Å². The van der Waals surface area contributed by atoms with E-state index in [9.17, 15) is 5.11 Å². The molecule has 0 saturated heterocycles. The minimum atomic E-state index is -0.702. The fourth-order valence-corrected chi connectivity index (χ4v) is 3.48. The summed E-state index contributed by atoms with van der Waals surface area (Å²) >= 11 is 0. The highest BCUT2D eigenvalue weighted by molar-refractivity contribution is 5.50. The predicted octanol–water partition coefficient (Wildman–Crippen LogP) is 3.03. The first-order chi connectivity index (χ1) is 8.80. The van der Waals surface area contributed by atoms with E-state index < -0.39 is 11.2 Å². The minimum absolute atomic E-state index is 0.274. The van der Waals surface area contributed by atoms with Gasteiger partial charge in [0.05, 0.1) is 7.11 Å². The SMILES string of the molecule is COc1cc2c(cc1C)OC(C)(C)C1(O)CC1[C@H]2C. The summed E-state index contributed by atoms with van der Waals surface area (Å²) in [5, 5.41) is 10.7. The Balaban J connectivity index is 2.14. The van der Waals surface area contributed by atoms with Crippen molar-refractivity contribution in [1.82, 2.24) is 0 Å². The fourth-order valence-electron chi connectivity index (χ4n) is 3.48. The van der Waals surface area contributed by atoms with Crippen LogP contribution in [0.15, 0.2) is 12.1 Å². The molecule has 2 aliphatic rings. The van der Waals surface area contributed by atoms with Crippen LogP contribution in [-0.2, 0) is 0 Å². The summed E-state index contributed by atoms with van der Waals surface area (Å²) in [6, 6.07) is 4.09. The third kappa shape index (κ3) is 1.61. The van der Waals surface area contributed by atoms with Crippen molar-refractivity contribution in [2.24, 2.45) is 5.92 Å². The molecule has 3 atom stereocenters. The minimum Gasteiger partial charge on any atom is -0.496 e. The van der Waals surface area contributed by atoms with Gasteiger partial charge in [-0.2, -0.15) is 0 Å². The van der Waals surface area contributed by atoms with Gasteiger partial charge in [-0.3, -0.25) is 0 Å². The molecule has 3 rings (SSSR count). The largest absolute Gasteiger partial charge is 0.496 e. The number of ether oxygens (including phenoxy) is 2. The van der Waals surface area contributed by atoms with Crippen molar-refractivity contribution in [3.8, 4) is 11.5 Å². The molecule has 0 radical (unpaired) electrons. The van der Waals surface area contributed by atoms with Crippen molar-refractivity contribution >= 4 is 0 Å². The first-order valence-electron chi connectivity index (χ1n) is 6.90. The Bertz CT molecular complexity index is 535. The maximum Gasteiger partial charge on any atom is 0.132 e. The molecule has 1 heterocycles. The van der Waals surface area contributed by atoms with Crippen molar-refractivity contribution in [3.63, 3.8) is 0 Å². The third-order valence-corrected chi connectivity index (χ3v) is 5.01. The lowest BCUT2D eigenvalue weighted by Crippen LogP contribution is -2.45. The highest BCUT2D eigenvalue weighted by Crippen LogP contribution is 2.61. The maximum absolute atomic E-state index is 10.7. The Kier molecular flexibility index (Phi) is 2.47. The Labute approximate surface area is 114 Å². The van der Waals surface area contributed by atoms with E-state index in [1.165, 1.54) is 0 Å². The van der Waals surface area contributed by atoms with Crippen LogP contribution in [0.1, 0.15) is 44.2 Å². The summed E-state index contributed by atoms with van der Waals surface area (Å²) < 4.78 is 11.6. The molecule has 2 unspecified atom stereocenters. The van der Waals surface area contributed by atoms with Crippen LogP contribution < -0.4 is 9.47 Å². The molecule has 1 aromatic rings. The summed E-state index contributed by atoms with van der Waals surface area (Å²) in [6.07, 6.45) is 0.816. The quantitative estimate of drug-likeness (QED) is 0.845. The molecule has 1 aromatic carbocycles. The first-order valence-corrected chi connectivity index (χ1v) is 6.90. The molecule has 0 spiro atoms. The molecule has 1 saturated carbocycles. The van der Waals surface area contributed by atoms with Crippen LogP contribution in [0.25, 0.3) is 0 Å². The van der Waals surface area contributed by atoms with Gasteiger partial charge in [0.1, 0.15) is 22.7 Å². The Morgan fingerprint density at radius 3 is 2.68 bits per heavy atom. The molecular formula is C16H22O3. The lowest BCUT2D eigenvalue weighted by atomic mass is 9.90. The zero-order chi connectivity index (χ0) is 14.0. The van der Waals surface area contributed by atoms with Crippen LogP contribution in [0.5, 0.6) is 11.5 Å². The van der Waals surface area contributed by atoms with Crippen molar-refractivity contribution in [2.75, 3.05) is 7.11 Å². The molecule has 1 aliphatic heterocycles. The van der Waals surface area contributed by atoms with Gasteiger partial charge in [0.2, 0.25) is 0 Å². The summed E-state index contributed by atoms with van der Waals surface area (Å²) in [5.41, 5.74) is 0.964. The second-order valence-electron chi connectivity index (χ2n) is 6.50. The maximum atomic E-state index is 10.7. The Hall–Kier alpha value is -1.22. The molecule has 0 aromatic heterocycles. The molecule has 104 valence electrons. The van der Waals surface area contributed by atoms with Crippen LogP contribution in [0.4, 0.5) is 0 Å². The smallest absolute Gasteiger partial charge is 0.132 e. The summed E-state index contributed by atoms with van der Waals surface area (Å²) in [7, 11) is 1.69. The third-order valence-electron chi connectivity index (χ3n) is 5.01. The van der Waals surface area contributed by atoms with Crippen molar-refractivity contribution in [3.05, 3.63) is 23.3 Å². The molecule has 3 nitrogen and oxygen atoms in total. The second kappa shape index (κ2) is 3.66. The molecule has 3 heteroatoms. The molecular weight excluding hydrogens is 240 g/mol. The van der Waals surface area contributed by atoms with Crippen molar-refractivity contribution in [2.45, 2.75) is 51.2 Å². The zero-order valence-electron chi connectivity index (χ0n) is 12.3. The first kappa shape index (κ1) is 12.8. The fraction of sp³-hybridized carbons (Fsp3) is 0.625. The van der Waals surface area contributed by atoms with E-state index in [0.717, 1.165) is 29.0 Å². The number of hydrogen-bond acceptors (Lipinski definition) is 3. The number of fused-ring (bicyclic) bond motifs is 2. The highest BCUT2D eigenvalue weighted by Gasteiger charge is 2.67. The van der Waals surface area contributed by atoms with Crippen LogP contribution in [0.2, 0.25) is 0 Å². The van der Waals surface area contributed by atoms with E-state index in [4.69, 9.17) is 9.47 Å². The average molecular weight is 262 g/mol. The summed E-state index contributed by atoms with van der Waals surface area (Å²) in [4.78, 5) is 0. The Morgan fingerprint density at radius 2 is 2.05 bits per heavy atom. The van der Waals surface area contributed by atoms with Gasteiger partial charge in [-0.1, -0.05) is 6.92 Å². The molecule has 1 fully saturated rings. The van der Waals surface area contributed by atoms with Gasteiger partial charge in [-0.25, -0.2) is 0 Å². The monoisotopic (exact) mass is 262 g/mol. The second-order valence-corrected chi connectivity index (χ2v) is 6.50. The standard InChI is InChI=1S/C16H22O3/c1-9-6-14-11(7-13(9)18-5)10(2)12-8-16(12,17)15(3,4)19-14/h6-7,10,12,17H,8H2,1-5H3/t10-,12?,16?/m0/s1. The van der Waals surface area contributed by atoms with Crippen LogP contribution in [-0.4, -0.2) is 23.4 Å². The lowest BCUT2D eigenvalue weighted by Gasteiger charge is -2.31. The number of aliphatic hydroxyl groups is 1. The summed E-state index contributed by atoms with van der Waals surface area (Å²) in [5.74, 6) is 2.34. The zero-order valence-corrected chi connectivity index (χ0v) is 12.3. The average Bonchev–Trinajstić information content (AvgIpc) is 3.02. The van der Waals surface area contributed by atoms with E-state index in [1.807, 2.05) is 26.8 Å². The Morgan fingerprint density at radius 1 is 1.37 bits per heavy atom. The van der Waals surface area contributed by atoms with Crippen LogP contribution >= 0.6 is 0 Å².